The van der Waals surface area contributed by atoms with Gasteiger partial charge in [-0.25, -0.2) is 0 Å². The lowest BCUT2D eigenvalue weighted by Crippen LogP contribution is -2.26. The van der Waals surface area contributed by atoms with Gasteiger partial charge in [0.2, 0.25) is 0 Å². The molecule has 152 valence electrons. The van der Waals surface area contributed by atoms with E-state index in [1.54, 1.807) is 6.92 Å². The molecule has 0 bridgehead atoms. The van der Waals surface area contributed by atoms with Gasteiger partial charge in [0, 0.05) is 12.8 Å². The third-order valence-electron chi connectivity index (χ3n) is 4.42. The van der Waals surface area contributed by atoms with Crippen molar-refractivity contribution < 1.29 is 23.9 Å². The molecule has 1 unspecified atom stereocenters. The molecule has 0 aliphatic heterocycles. The molecule has 0 aromatic heterocycles. The highest BCUT2D eigenvalue weighted by atomic mass is 16.5. The normalized spacial score (nSPS) is 11.8. The fraction of sp³-hybridized carbons (Fsp3) is 0.857. The van der Waals surface area contributed by atoms with Crippen LogP contribution in [0.15, 0.2) is 0 Å². The van der Waals surface area contributed by atoms with E-state index in [9.17, 15) is 14.4 Å². The number of ketones is 1. The fourth-order valence-corrected chi connectivity index (χ4v) is 2.93. The van der Waals surface area contributed by atoms with Crippen molar-refractivity contribution in [2.75, 3.05) is 13.2 Å². The van der Waals surface area contributed by atoms with Gasteiger partial charge in [-0.05, 0) is 33.1 Å². The van der Waals surface area contributed by atoms with E-state index in [-0.39, 0.29) is 17.7 Å². The van der Waals surface area contributed by atoms with Crippen LogP contribution in [0.1, 0.15) is 97.8 Å². The first-order chi connectivity index (χ1) is 12.6. The van der Waals surface area contributed by atoms with Gasteiger partial charge in [0.15, 0.2) is 0 Å². The molecule has 26 heavy (non-hydrogen) atoms. The molecule has 0 spiro atoms. The van der Waals surface area contributed by atoms with Crippen LogP contribution in [-0.4, -0.2) is 30.9 Å². The zero-order chi connectivity index (χ0) is 19.6. The van der Waals surface area contributed by atoms with Crippen LogP contribution in [0, 0.1) is 5.92 Å². The van der Waals surface area contributed by atoms with E-state index in [0.717, 1.165) is 57.8 Å². The summed E-state index contributed by atoms with van der Waals surface area (Å²) < 4.78 is 9.98. The summed E-state index contributed by atoms with van der Waals surface area (Å²) in [6.45, 7) is 6.45. The van der Waals surface area contributed by atoms with Crippen LogP contribution in [0.3, 0.4) is 0 Å². The smallest absolute Gasteiger partial charge is 0.316 e. The van der Waals surface area contributed by atoms with Crippen molar-refractivity contribution in [3.05, 3.63) is 0 Å². The van der Waals surface area contributed by atoms with Crippen LogP contribution < -0.4 is 0 Å². The summed E-state index contributed by atoms with van der Waals surface area (Å²) in [7, 11) is 0. The summed E-state index contributed by atoms with van der Waals surface area (Å²) in [6.07, 6.45) is 10.3. The number of rotatable bonds is 17. The minimum absolute atomic E-state index is 0.0295. The number of hydrogen-bond donors (Lipinski definition) is 0. The van der Waals surface area contributed by atoms with Crippen LogP contribution in [0.2, 0.25) is 0 Å². The molecule has 5 heteroatoms. The molecule has 0 aromatic rings. The first kappa shape index (κ1) is 24.6. The molecule has 0 radical (unpaired) electrons. The van der Waals surface area contributed by atoms with Crippen LogP contribution in [-0.2, 0) is 23.9 Å². The first-order valence-electron chi connectivity index (χ1n) is 10.4. The molecule has 1 atom stereocenters. The van der Waals surface area contributed by atoms with Crippen molar-refractivity contribution in [3.8, 4) is 0 Å². The van der Waals surface area contributed by atoms with Gasteiger partial charge in [-0.1, -0.05) is 51.9 Å². The molecule has 0 saturated carbocycles. The third kappa shape index (κ3) is 12.9. The van der Waals surface area contributed by atoms with E-state index < -0.39 is 5.92 Å². The van der Waals surface area contributed by atoms with E-state index >= 15 is 0 Å². The van der Waals surface area contributed by atoms with Gasteiger partial charge in [-0.2, -0.15) is 0 Å². The number of ether oxygens (including phenoxy) is 2. The summed E-state index contributed by atoms with van der Waals surface area (Å²) in [4.78, 5) is 35.7. The molecule has 0 rings (SSSR count). The number of hydrogen-bond acceptors (Lipinski definition) is 5. The first-order valence-corrected chi connectivity index (χ1v) is 10.4. The molecule has 0 aliphatic rings. The number of carbonyl (C=O) groups is 3. The predicted octanol–water partition coefficient (Wildman–Crippen LogP) is 5.00. The Hall–Kier alpha value is -1.39. The van der Waals surface area contributed by atoms with Crippen molar-refractivity contribution in [1.29, 1.82) is 0 Å². The molecule has 0 saturated heterocycles. The minimum atomic E-state index is -0.601. The van der Waals surface area contributed by atoms with Gasteiger partial charge in [0.05, 0.1) is 13.2 Å². The van der Waals surface area contributed by atoms with Crippen LogP contribution in [0.4, 0.5) is 0 Å². The third-order valence-corrected chi connectivity index (χ3v) is 4.42. The van der Waals surface area contributed by atoms with E-state index in [2.05, 4.69) is 6.92 Å². The van der Waals surface area contributed by atoms with Crippen molar-refractivity contribution in [3.63, 3.8) is 0 Å². The molecule has 0 aliphatic carbocycles. The van der Waals surface area contributed by atoms with Gasteiger partial charge in [-0.3, -0.25) is 14.4 Å². The highest BCUT2D eigenvalue weighted by Gasteiger charge is 2.26. The van der Waals surface area contributed by atoms with E-state index in [4.69, 9.17) is 9.47 Å². The van der Waals surface area contributed by atoms with E-state index in [1.165, 1.54) is 0 Å². The number of Topliss-reactive ketones (excluding diaryl/α,β-unsaturated/α-hetero) is 1. The number of carbonyl (C=O) groups excluding carboxylic acids is 3. The monoisotopic (exact) mass is 370 g/mol. The standard InChI is InChI=1S/C21H38O5/c1-4-7-8-13-16-19(22)18(21(24)26-6-3)15-12-10-9-11-14-17-20(23)25-5-2/h18H,4-17H2,1-3H3. The maximum atomic E-state index is 12.4. The summed E-state index contributed by atoms with van der Waals surface area (Å²) >= 11 is 0. The Morgan fingerprint density at radius 1 is 0.692 bits per heavy atom. The quantitative estimate of drug-likeness (QED) is 0.205. The Morgan fingerprint density at radius 3 is 1.92 bits per heavy atom. The lowest BCUT2D eigenvalue weighted by molar-refractivity contribution is -0.152. The Bertz CT molecular complexity index is 392. The predicted molar refractivity (Wildman–Crippen MR) is 103 cm³/mol. The van der Waals surface area contributed by atoms with Crippen molar-refractivity contribution in [1.82, 2.24) is 0 Å². The Morgan fingerprint density at radius 2 is 1.27 bits per heavy atom. The summed E-state index contributed by atoms with van der Waals surface area (Å²) in [5, 5.41) is 0. The molecular formula is C21H38O5. The molecule has 5 nitrogen and oxygen atoms in total. The Labute approximate surface area is 159 Å². The van der Waals surface area contributed by atoms with Crippen molar-refractivity contribution in [2.24, 2.45) is 5.92 Å². The molecule has 0 N–H and O–H groups in total. The maximum Gasteiger partial charge on any atom is 0.316 e. The topological polar surface area (TPSA) is 69.7 Å². The van der Waals surface area contributed by atoms with E-state index in [0.29, 0.717) is 32.5 Å². The highest BCUT2D eigenvalue weighted by molar-refractivity contribution is 5.98. The molecule has 0 amide bonds. The average Bonchev–Trinajstić information content (AvgIpc) is 2.61. The average molecular weight is 371 g/mol. The Balaban J connectivity index is 4.05. The highest BCUT2D eigenvalue weighted by Crippen LogP contribution is 2.18. The molecular weight excluding hydrogens is 332 g/mol. The second-order valence-corrected chi connectivity index (χ2v) is 6.69. The van der Waals surface area contributed by atoms with Crippen LogP contribution in [0.25, 0.3) is 0 Å². The number of unbranched alkanes of at least 4 members (excludes halogenated alkanes) is 7. The number of esters is 2. The summed E-state index contributed by atoms with van der Waals surface area (Å²) in [5.74, 6) is -1.07. The fourth-order valence-electron chi connectivity index (χ4n) is 2.93. The second-order valence-electron chi connectivity index (χ2n) is 6.69. The zero-order valence-corrected chi connectivity index (χ0v) is 17.0. The van der Waals surface area contributed by atoms with Crippen LogP contribution in [0.5, 0.6) is 0 Å². The summed E-state index contributed by atoms with van der Waals surface area (Å²) in [5.41, 5.74) is 0. The van der Waals surface area contributed by atoms with Gasteiger partial charge >= 0.3 is 11.9 Å². The SMILES string of the molecule is CCCCCCC(=O)C(CCCCCCCC(=O)OCC)C(=O)OCC. The molecule has 0 heterocycles. The lowest BCUT2D eigenvalue weighted by atomic mass is 9.93. The summed E-state index contributed by atoms with van der Waals surface area (Å²) in [6, 6.07) is 0. The van der Waals surface area contributed by atoms with Crippen molar-refractivity contribution >= 4 is 17.7 Å². The molecule has 0 aromatic carbocycles. The second kappa shape index (κ2) is 17.0. The van der Waals surface area contributed by atoms with Crippen LogP contribution >= 0.6 is 0 Å². The Kier molecular flexibility index (Phi) is 16.1. The van der Waals surface area contributed by atoms with Gasteiger partial charge in [0.25, 0.3) is 0 Å². The van der Waals surface area contributed by atoms with Gasteiger partial charge in [-0.15, -0.1) is 0 Å². The maximum absolute atomic E-state index is 12.4. The molecule has 0 fully saturated rings. The zero-order valence-electron chi connectivity index (χ0n) is 17.0. The largest absolute Gasteiger partial charge is 0.466 e. The minimum Gasteiger partial charge on any atom is -0.466 e. The van der Waals surface area contributed by atoms with Crippen molar-refractivity contribution in [2.45, 2.75) is 97.8 Å². The van der Waals surface area contributed by atoms with Gasteiger partial charge < -0.3 is 9.47 Å². The lowest BCUT2D eigenvalue weighted by Gasteiger charge is -2.14. The van der Waals surface area contributed by atoms with E-state index in [1.807, 2.05) is 6.92 Å². The van der Waals surface area contributed by atoms with Gasteiger partial charge in [0.1, 0.15) is 11.7 Å².